The fourth-order valence-corrected chi connectivity index (χ4v) is 2.32. The molecule has 0 radical (unpaired) electrons. The third kappa shape index (κ3) is 3.41. The van der Waals surface area contributed by atoms with Crippen LogP contribution in [0.3, 0.4) is 0 Å². The summed E-state index contributed by atoms with van der Waals surface area (Å²) in [6, 6.07) is 10.6. The third-order valence-electron chi connectivity index (χ3n) is 1.28. The minimum atomic E-state index is 0.539. The SMILES string of the molecule is CC/C=C\[Se]c1ccccc1. The Bertz CT molecular complexity index is 214. The summed E-state index contributed by atoms with van der Waals surface area (Å²) in [6.45, 7) is 2.16. The summed E-state index contributed by atoms with van der Waals surface area (Å²) in [5.41, 5.74) is 0. The van der Waals surface area contributed by atoms with Crippen LogP contribution in [0.2, 0.25) is 0 Å². The second kappa shape index (κ2) is 5.17. The monoisotopic (exact) mass is 212 g/mol. The Labute approximate surface area is 74.5 Å². The average Bonchev–Trinajstić information content (AvgIpc) is 2.07. The summed E-state index contributed by atoms with van der Waals surface area (Å²) >= 11 is 0.539. The van der Waals surface area contributed by atoms with Crippen LogP contribution in [-0.2, 0) is 0 Å². The van der Waals surface area contributed by atoms with Crippen molar-refractivity contribution >= 4 is 19.4 Å². The first-order valence-corrected chi connectivity index (χ1v) is 5.64. The number of hydrogen-bond donors (Lipinski definition) is 0. The predicted octanol–water partition coefficient (Wildman–Crippen LogP) is 1.94. The topological polar surface area (TPSA) is 0 Å². The van der Waals surface area contributed by atoms with Crippen LogP contribution in [0.25, 0.3) is 0 Å². The van der Waals surface area contributed by atoms with E-state index in [-0.39, 0.29) is 0 Å². The van der Waals surface area contributed by atoms with Gasteiger partial charge in [-0.25, -0.2) is 0 Å². The molecule has 0 saturated carbocycles. The van der Waals surface area contributed by atoms with Gasteiger partial charge in [0.1, 0.15) is 0 Å². The van der Waals surface area contributed by atoms with E-state index in [0.29, 0.717) is 15.0 Å². The molecule has 0 unspecified atom stereocenters. The molecular weight excluding hydrogens is 199 g/mol. The molecule has 0 fully saturated rings. The molecule has 0 aromatic heterocycles. The molecule has 0 spiro atoms. The van der Waals surface area contributed by atoms with Gasteiger partial charge in [-0.1, -0.05) is 0 Å². The van der Waals surface area contributed by atoms with Gasteiger partial charge in [0.05, 0.1) is 0 Å². The minimum absolute atomic E-state index is 0.539. The van der Waals surface area contributed by atoms with E-state index in [1.54, 1.807) is 0 Å². The molecule has 0 N–H and O–H groups in total. The Morgan fingerprint density at radius 2 is 2.00 bits per heavy atom. The molecule has 1 rings (SSSR count). The van der Waals surface area contributed by atoms with Crippen molar-refractivity contribution in [2.75, 3.05) is 0 Å². The van der Waals surface area contributed by atoms with Crippen LogP contribution in [0.5, 0.6) is 0 Å². The van der Waals surface area contributed by atoms with Crippen molar-refractivity contribution in [3.05, 3.63) is 41.4 Å². The molecule has 0 saturated heterocycles. The molecule has 1 aromatic carbocycles. The molecule has 0 atom stereocenters. The van der Waals surface area contributed by atoms with Crippen LogP contribution in [-0.4, -0.2) is 15.0 Å². The van der Waals surface area contributed by atoms with Crippen LogP contribution in [0.15, 0.2) is 41.4 Å². The number of hydrogen-bond acceptors (Lipinski definition) is 0. The first-order chi connectivity index (χ1) is 5.43. The van der Waals surface area contributed by atoms with Gasteiger partial charge < -0.3 is 0 Å². The van der Waals surface area contributed by atoms with Gasteiger partial charge in [0.25, 0.3) is 0 Å². The first kappa shape index (κ1) is 8.57. The van der Waals surface area contributed by atoms with Gasteiger partial charge in [-0.2, -0.15) is 0 Å². The zero-order valence-corrected chi connectivity index (χ0v) is 8.37. The number of benzene rings is 1. The second-order valence-electron chi connectivity index (χ2n) is 2.21. The predicted molar refractivity (Wildman–Crippen MR) is 51.3 cm³/mol. The van der Waals surface area contributed by atoms with Gasteiger partial charge in [0, 0.05) is 0 Å². The number of allylic oxidation sites excluding steroid dienone is 1. The summed E-state index contributed by atoms with van der Waals surface area (Å²) in [7, 11) is 0. The fraction of sp³-hybridized carbons (Fsp3) is 0.200. The Balaban J connectivity index is 2.45. The maximum atomic E-state index is 2.28. The zero-order chi connectivity index (χ0) is 7.94. The van der Waals surface area contributed by atoms with Crippen LogP contribution in [0, 0.1) is 0 Å². The van der Waals surface area contributed by atoms with Crippen molar-refractivity contribution in [2.45, 2.75) is 13.3 Å². The molecule has 1 heteroatoms. The summed E-state index contributed by atoms with van der Waals surface area (Å²) in [6.07, 6.45) is 3.38. The van der Waals surface area contributed by atoms with Crippen molar-refractivity contribution in [3.8, 4) is 0 Å². The molecule has 11 heavy (non-hydrogen) atoms. The van der Waals surface area contributed by atoms with Crippen LogP contribution in [0.1, 0.15) is 13.3 Å². The van der Waals surface area contributed by atoms with Gasteiger partial charge in [-0.05, 0) is 0 Å². The van der Waals surface area contributed by atoms with Gasteiger partial charge in [-0.15, -0.1) is 0 Å². The third-order valence-corrected chi connectivity index (χ3v) is 3.11. The molecule has 1 aromatic rings. The van der Waals surface area contributed by atoms with Crippen molar-refractivity contribution in [3.63, 3.8) is 0 Å². The maximum absolute atomic E-state index is 2.28. The molecule has 0 amide bonds. The average molecular weight is 211 g/mol. The molecule has 0 aliphatic heterocycles. The van der Waals surface area contributed by atoms with Crippen LogP contribution in [0.4, 0.5) is 0 Å². The van der Waals surface area contributed by atoms with Crippen LogP contribution < -0.4 is 4.46 Å². The molecule has 0 heterocycles. The van der Waals surface area contributed by atoms with E-state index in [0.717, 1.165) is 6.42 Å². The van der Waals surface area contributed by atoms with Crippen molar-refractivity contribution in [1.82, 2.24) is 0 Å². The molecular formula is C10H12Se. The van der Waals surface area contributed by atoms with E-state index >= 15 is 0 Å². The molecule has 0 bridgehead atoms. The summed E-state index contributed by atoms with van der Waals surface area (Å²) in [5.74, 6) is 0. The van der Waals surface area contributed by atoms with E-state index in [9.17, 15) is 0 Å². The van der Waals surface area contributed by atoms with E-state index < -0.39 is 0 Å². The first-order valence-electron chi connectivity index (χ1n) is 3.80. The Kier molecular flexibility index (Phi) is 4.03. The summed E-state index contributed by atoms with van der Waals surface area (Å²) in [5, 5.41) is 0. The van der Waals surface area contributed by atoms with Gasteiger partial charge in [-0.3, -0.25) is 0 Å². The van der Waals surface area contributed by atoms with Crippen molar-refractivity contribution in [2.24, 2.45) is 0 Å². The normalized spacial score (nSPS) is 10.6. The van der Waals surface area contributed by atoms with Crippen molar-refractivity contribution in [1.29, 1.82) is 0 Å². The fourth-order valence-electron chi connectivity index (χ4n) is 0.722. The van der Waals surface area contributed by atoms with Crippen LogP contribution >= 0.6 is 0 Å². The van der Waals surface area contributed by atoms with Gasteiger partial charge in [0.2, 0.25) is 0 Å². The van der Waals surface area contributed by atoms with Gasteiger partial charge in [0.15, 0.2) is 0 Å². The second-order valence-corrected chi connectivity index (χ2v) is 4.27. The zero-order valence-electron chi connectivity index (χ0n) is 6.66. The Hall–Kier alpha value is -0.521. The summed E-state index contributed by atoms with van der Waals surface area (Å²) in [4.78, 5) is 2.28. The van der Waals surface area contributed by atoms with Crippen molar-refractivity contribution < 1.29 is 0 Å². The van der Waals surface area contributed by atoms with Gasteiger partial charge >= 0.3 is 74.1 Å². The van der Waals surface area contributed by atoms with E-state index in [4.69, 9.17) is 0 Å². The quantitative estimate of drug-likeness (QED) is 0.670. The summed E-state index contributed by atoms with van der Waals surface area (Å²) < 4.78 is 1.45. The standard InChI is InChI=1S/C10H12Se/c1-2-3-9-11-10-7-5-4-6-8-10/h3-9H,2H2,1H3/b9-3-. The Morgan fingerprint density at radius 1 is 1.27 bits per heavy atom. The van der Waals surface area contributed by atoms with E-state index in [1.165, 1.54) is 4.46 Å². The molecule has 0 aliphatic carbocycles. The molecule has 58 valence electrons. The number of rotatable bonds is 3. The molecule has 0 nitrogen and oxygen atoms in total. The van der Waals surface area contributed by atoms with E-state index in [2.05, 4.69) is 48.3 Å². The molecule has 0 aliphatic rings. The Morgan fingerprint density at radius 3 is 2.64 bits per heavy atom. The van der Waals surface area contributed by atoms with E-state index in [1.807, 2.05) is 0 Å².